The van der Waals surface area contributed by atoms with Crippen molar-refractivity contribution in [2.75, 3.05) is 6.54 Å². The molecule has 0 aliphatic carbocycles. The second-order valence-corrected chi connectivity index (χ2v) is 4.28. The molecule has 17 heavy (non-hydrogen) atoms. The van der Waals surface area contributed by atoms with Crippen LogP contribution < -0.4 is 11.1 Å². The Labute approximate surface area is 99.6 Å². The molecule has 4 N–H and O–H groups in total. The normalized spacial score (nSPS) is 12.5. The third kappa shape index (κ3) is 3.71. The number of halogens is 1. The first-order valence-electron chi connectivity index (χ1n) is 5.44. The maximum absolute atomic E-state index is 12.9. The number of phenolic OH excluding ortho intramolecular Hbond substituents is 1. The topological polar surface area (TPSA) is 75.3 Å². The first kappa shape index (κ1) is 13.4. The number of rotatable bonds is 4. The highest BCUT2D eigenvalue weighted by molar-refractivity contribution is 5.96. The van der Waals surface area contributed by atoms with Crippen molar-refractivity contribution in [3.05, 3.63) is 29.6 Å². The lowest BCUT2D eigenvalue weighted by Crippen LogP contribution is -2.40. The van der Waals surface area contributed by atoms with E-state index in [9.17, 15) is 14.3 Å². The van der Waals surface area contributed by atoms with Gasteiger partial charge in [0.2, 0.25) is 0 Å². The van der Waals surface area contributed by atoms with Gasteiger partial charge in [0, 0.05) is 12.6 Å². The van der Waals surface area contributed by atoms with Crippen molar-refractivity contribution in [1.29, 1.82) is 0 Å². The summed E-state index contributed by atoms with van der Waals surface area (Å²) in [5.41, 5.74) is 5.68. The number of amides is 1. The molecule has 0 bridgehead atoms. The molecule has 5 heteroatoms. The van der Waals surface area contributed by atoms with Gasteiger partial charge < -0.3 is 16.2 Å². The maximum atomic E-state index is 12.9. The minimum absolute atomic E-state index is 0.0824. The van der Waals surface area contributed by atoms with Gasteiger partial charge in [-0.2, -0.15) is 0 Å². The smallest absolute Gasteiger partial charge is 0.255 e. The van der Waals surface area contributed by atoms with Crippen LogP contribution in [0.1, 0.15) is 24.2 Å². The highest BCUT2D eigenvalue weighted by atomic mass is 19.1. The average molecular weight is 240 g/mol. The van der Waals surface area contributed by atoms with Gasteiger partial charge in [0.1, 0.15) is 11.6 Å². The summed E-state index contributed by atoms with van der Waals surface area (Å²) in [4.78, 5) is 11.7. The Morgan fingerprint density at radius 3 is 2.76 bits per heavy atom. The van der Waals surface area contributed by atoms with E-state index in [0.717, 1.165) is 18.2 Å². The second kappa shape index (κ2) is 5.63. The summed E-state index contributed by atoms with van der Waals surface area (Å²) < 4.78 is 12.9. The van der Waals surface area contributed by atoms with Gasteiger partial charge in [-0.25, -0.2) is 4.39 Å². The summed E-state index contributed by atoms with van der Waals surface area (Å²) in [7, 11) is 0. The fraction of sp³-hybridized carbons (Fsp3) is 0.417. The van der Waals surface area contributed by atoms with Gasteiger partial charge in [-0.3, -0.25) is 4.79 Å². The number of carbonyl (C=O) groups excluding carboxylic acids is 1. The molecule has 4 nitrogen and oxygen atoms in total. The van der Waals surface area contributed by atoms with Crippen LogP contribution in [0, 0.1) is 11.7 Å². The molecule has 1 unspecified atom stereocenters. The van der Waals surface area contributed by atoms with Gasteiger partial charge in [0.05, 0.1) is 5.56 Å². The highest BCUT2D eigenvalue weighted by Crippen LogP contribution is 2.17. The predicted octanol–water partition coefficient (Wildman–Crippen LogP) is 1.24. The lowest BCUT2D eigenvalue weighted by atomic mass is 10.1. The van der Waals surface area contributed by atoms with Crippen molar-refractivity contribution in [1.82, 2.24) is 5.32 Å². The van der Waals surface area contributed by atoms with Crippen LogP contribution in [-0.4, -0.2) is 23.6 Å². The van der Waals surface area contributed by atoms with Gasteiger partial charge in [0.25, 0.3) is 5.91 Å². The Bertz CT molecular complexity index is 407. The van der Waals surface area contributed by atoms with E-state index in [2.05, 4.69) is 5.32 Å². The zero-order valence-corrected chi connectivity index (χ0v) is 9.90. The van der Waals surface area contributed by atoms with Crippen LogP contribution in [0.5, 0.6) is 5.75 Å². The Morgan fingerprint density at radius 2 is 2.18 bits per heavy atom. The molecule has 0 aromatic heterocycles. The van der Waals surface area contributed by atoms with Crippen LogP contribution >= 0.6 is 0 Å². The number of carbonyl (C=O) groups is 1. The Balaban J connectivity index is 2.67. The average Bonchev–Trinajstić information content (AvgIpc) is 2.28. The molecule has 0 aliphatic heterocycles. The Kier molecular flexibility index (Phi) is 4.45. The van der Waals surface area contributed by atoms with E-state index in [1.165, 1.54) is 0 Å². The van der Waals surface area contributed by atoms with Crippen LogP contribution in [0.4, 0.5) is 4.39 Å². The number of nitrogens with two attached hydrogens (primary N) is 1. The largest absolute Gasteiger partial charge is 0.507 e. The van der Waals surface area contributed by atoms with Crippen molar-refractivity contribution in [3.8, 4) is 5.75 Å². The number of hydrogen-bond acceptors (Lipinski definition) is 3. The Hall–Kier alpha value is -1.62. The Morgan fingerprint density at radius 1 is 1.53 bits per heavy atom. The molecular weight excluding hydrogens is 223 g/mol. The minimum atomic E-state index is -0.568. The standard InChI is InChI=1S/C12H17FN2O2/c1-7(2)10(14)6-15-12(17)9-5-8(13)3-4-11(9)16/h3-5,7,10,16H,6,14H2,1-2H3,(H,15,17). The molecule has 0 aliphatic rings. The lowest BCUT2D eigenvalue weighted by Gasteiger charge is -2.16. The molecule has 0 radical (unpaired) electrons. The number of phenols is 1. The van der Waals surface area contributed by atoms with Gasteiger partial charge in [-0.15, -0.1) is 0 Å². The van der Waals surface area contributed by atoms with Crippen molar-refractivity contribution in [3.63, 3.8) is 0 Å². The number of hydrogen-bond donors (Lipinski definition) is 3. The molecule has 0 saturated carbocycles. The summed E-state index contributed by atoms with van der Waals surface area (Å²) in [6.45, 7) is 4.17. The van der Waals surface area contributed by atoms with E-state index in [-0.39, 0.29) is 29.8 Å². The molecule has 1 aromatic carbocycles. The zero-order valence-electron chi connectivity index (χ0n) is 9.90. The maximum Gasteiger partial charge on any atom is 0.255 e. The van der Waals surface area contributed by atoms with E-state index in [1.807, 2.05) is 13.8 Å². The quantitative estimate of drug-likeness (QED) is 0.741. The summed E-state index contributed by atoms with van der Waals surface area (Å²) in [5.74, 6) is -1.11. The predicted molar refractivity (Wildman–Crippen MR) is 63.2 cm³/mol. The van der Waals surface area contributed by atoms with E-state index in [1.54, 1.807) is 0 Å². The summed E-state index contributed by atoms with van der Waals surface area (Å²) in [5, 5.41) is 12.0. The third-order valence-corrected chi connectivity index (χ3v) is 2.56. The van der Waals surface area contributed by atoms with Crippen molar-refractivity contribution < 1.29 is 14.3 Å². The summed E-state index contributed by atoms with van der Waals surface area (Å²) in [6, 6.07) is 3.05. The first-order valence-corrected chi connectivity index (χ1v) is 5.44. The van der Waals surface area contributed by atoms with Crippen molar-refractivity contribution in [2.45, 2.75) is 19.9 Å². The van der Waals surface area contributed by atoms with Crippen LogP contribution in [-0.2, 0) is 0 Å². The third-order valence-electron chi connectivity index (χ3n) is 2.56. The molecule has 1 amide bonds. The number of benzene rings is 1. The van der Waals surface area contributed by atoms with Gasteiger partial charge >= 0.3 is 0 Å². The van der Waals surface area contributed by atoms with Crippen molar-refractivity contribution >= 4 is 5.91 Å². The molecule has 0 fully saturated rings. The van der Waals surface area contributed by atoms with E-state index in [4.69, 9.17) is 5.73 Å². The lowest BCUT2D eigenvalue weighted by molar-refractivity contribution is 0.0946. The number of aromatic hydroxyl groups is 1. The first-order chi connectivity index (χ1) is 7.91. The van der Waals surface area contributed by atoms with Gasteiger partial charge in [-0.1, -0.05) is 13.8 Å². The van der Waals surface area contributed by atoms with Gasteiger partial charge in [0.15, 0.2) is 0 Å². The second-order valence-electron chi connectivity index (χ2n) is 4.28. The van der Waals surface area contributed by atoms with Crippen LogP contribution in [0.25, 0.3) is 0 Å². The molecule has 1 rings (SSSR count). The SMILES string of the molecule is CC(C)C(N)CNC(=O)c1cc(F)ccc1O. The summed E-state index contributed by atoms with van der Waals surface area (Å²) in [6.07, 6.45) is 0. The van der Waals surface area contributed by atoms with E-state index >= 15 is 0 Å². The fourth-order valence-corrected chi connectivity index (χ4v) is 1.23. The molecule has 94 valence electrons. The molecule has 0 heterocycles. The molecule has 0 saturated heterocycles. The molecule has 0 spiro atoms. The number of nitrogens with one attached hydrogen (secondary N) is 1. The van der Waals surface area contributed by atoms with E-state index < -0.39 is 11.7 Å². The zero-order chi connectivity index (χ0) is 13.0. The molecule has 1 atom stereocenters. The van der Waals surface area contributed by atoms with Crippen LogP contribution in [0.2, 0.25) is 0 Å². The van der Waals surface area contributed by atoms with E-state index in [0.29, 0.717) is 0 Å². The van der Waals surface area contributed by atoms with Crippen LogP contribution in [0.3, 0.4) is 0 Å². The van der Waals surface area contributed by atoms with Crippen LogP contribution in [0.15, 0.2) is 18.2 Å². The molecule has 1 aromatic rings. The minimum Gasteiger partial charge on any atom is -0.507 e. The van der Waals surface area contributed by atoms with Crippen molar-refractivity contribution in [2.24, 2.45) is 11.7 Å². The summed E-state index contributed by atoms with van der Waals surface area (Å²) >= 11 is 0. The van der Waals surface area contributed by atoms with Gasteiger partial charge in [-0.05, 0) is 24.1 Å². The monoisotopic (exact) mass is 240 g/mol. The fourth-order valence-electron chi connectivity index (χ4n) is 1.23. The molecular formula is C12H17FN2O2. The highest BCUT2D eigenvalue weighted by Gasteiger charge is 2.14.